The number of rotatable bonds is 5. The van der Waals surface area contributed by atoms with Gasteiger partial charge < -0.3 is 25.1 Å². The van der Waals surface area contributed by atoms with Crippen LogP contribution < -0.4 is 15.8 Å². The number of piperidine rings is 2. The second-order valence-electron chi connectivity index (χ2n) is 9.67. The number of likely N-dealkylation sites (tertiary alicyclic amines) is 1. The summed E-state index contributed by atoms with van der Waals surface area (Å²) >= 11 is 0. The number of nitrogens with two attached hydrogens (primary N) is 1. The van der Waals surface area contributed by atoms with E-state index < -0.39 is 5.54 Å². The van der Waals surface area contributed by atoms with Crippen molar-refractivity contribution in [3.05, 3.63) is 54.6 Å². The Morgan fingerprint density at radius 1 is 1.21 bits per heavy atom. The van der Waals surface area contributed by atoms with Crippen molar-refractivity contribution >= 4 is 17.4 Å². The van der Waals surface area contributed by atoms with Crippen molar-refractivity contribution in [2.75, 3.05) is 20.2 Å². The minimum Gasteiger partial charge on any atom is -0.497 e. The topological polar surface area (TPSA) is 109 Å². The summed E-state index contributed by atoms with van der Waals surface area (Å²) < 4.78 is 7.33. The molecule has 1 aromatic carbocycles. The maximum atomic E-state index is 13.2. The lowest BCUT2D eigenvalue weighted by atomic mass is 9.61. The van der Waals surface area contributed by atoms with Crippen LogP contribution in [0.25, 0.3) is 16.6 Å². The predicted octanol–water partition coefficient (Wildman–Crippen LogP) is 2.82. The van der Waals surface area contributed by atoms with Crippen LogP contribution in [0.15, 0.2) is 48.8 Å². The van der Waals surface area contributed by atoms with Gasteiger partial charge in [-0.3, -0.25) is 10.2 Å². The quantitative estimate of drug-likeness (QED) is 0.413. The minimum atomic E-state index is -0.647. The van der Waals surface area contributed by atoms with Crippen molar-refractivity contribution < 1.29 is 9.53 Å². The lowest BCUT2D eigenvalue weighted by molar-refractivity contribution is -0.141. The summed E-state index contributed by atoms with van der Waals surface area (Å²) in [5.41, 5.74) is 8.13. The SMILES string of the molecule is COc1ccc(-c2cccn3c(C(C)(C)NC(=O)C4[C@@H]5C[C@H]4CN(C(=N)N)C5)ncc23)cc1. The molecule has 1 aliphatic carbocycles. The number of hydrogen-bond acceptors (Lipinski definition) is 4. The molecule has 1 saturated carbocycles. The third kappa shape index (κ3) is 3.59. The van der Waals surface area contributed by atoms with Crippen LogP contribution in [0.1, 0.15) is 26.1 Å². The summed E-state index contributed by atoms with van der Waals surface area (Å²) in [5, 5.41) is 10.9. The first-order valence-electron chi connectivity index (χ1n) is 11.3. The Hall–Kier alpha value is -3.55. The van der Waals surface area contributed by atoms with Crippen molar-refractivity contribution in [3.63, 3.8) is 0 Å². The molecule has 4 N–H and O–H groups in total. The zero-order chi connectivity index (χ0) is 23.3. The van der Waals surface area contributed by atoms with Crippen LogP contribution in [0, 0.1) is 23.2 Å². The number of nitrogens with zero attached hydrogens (tertiary/aromatic N) is 3. The average molecular weight is 447 g/mol. The molecular weight excluding hydrogens is 416 g/mol. The van der Waals surface area contributed by atoms with Gasteiger partial charge in [0.1, 0.15) is 11.6 Å². The van der Waals surface area contributed by atoms with Gasteiger partial charge in [-0.2, -0.15) is 0 Å². The monoisotopic (exact) mass is 446 g/mol. The van der Waals surface area contributed by atoms with Gasteiger partial charge in [-0.1, -0.05) is 18.2 Å². The van der Waals surface area contributed by atoms with E-state index in [1.54, 1.807) is 7.11 Å². The molecule has 8 heteroatoms. The van der Waals surface area contributed by atoms with Crippen LogP contribution in [0.4, 0.5) is 0 Å². The highest BCUT2D eigenvalue weighted by molar-refractivity contribution is 5.83. The largest absolute Gasteiger partial charge is 0.497 e. The van der Waals surface area contributed by atoms with Crippen molar-refractivity contribution in [2.45, 2.75) is 25.8 Å². The highest BCUT2D eigenvalue weighted by Crippen LogP contribution is 2.46. The highest BCUT2D eigenvalue weighted by Gasteiger charge is 2.51. The van der Waals surface area contributed by atoms with Gasteiger partial charge in [-0.15, -0.1) is 0 Å². The Morgan fingerprint density at radius 3 is 2.55 bits per heavy atom. The molecule has 3 heterocycles. The zero-order valence-corrected chi connectivity index (χ0v) is 19.2. The van der Waals surface area contributed by atoms with Gasteiger partial charge in [0, 0.05) is 30.8 Å². The smallest absolute Gasteiger partial charge is 0.224 e. The van der Waals surface area contributed by atoms with Crippen LogP contribution in [0.2, 0.25) is 0 Å². The summed E-state index contributed by atoms with van der Waals surface area (Å²) in [5.74, 6) is 2.24. The molecule has 1 amide bonds. The molecule has 1 aliphatic heterocycles. The van der Waals surface area contributed by atoms with Crippen LogP contribution in [-0.4, -0.2) is 46.4 Å². The fraction of sp³-hybridized carbons (Fsp3) is 0.400. The number of pyridine rings is 1. The molecule has 2 fully saturated rings. The summed E-state index contributed by atoms with van der Waals surface area (Å²) in [6, 6.07) is 12.0. The van der Waals surface area contributed by atoms with E-state index in [1.165, 1.54) is 0 Å². The van der Waals surface area contributed by atoms with E-state index in [0.29, 0.717) is 13.1 Å². The van der Waals surface area contributed by atoms with E-state index >= 15 is 0 Å². The molecule has 5 rings (SSSR count). The summed E-state index contributed by atoms with van der Waals surface area (Å²) in [7, 11) is 1.66. The van der Waals surface area contributed by atoms with Gasteiger partial charge in [0.15, 0.2) is 5.96 Å². The minimum absolute atomic E-state index is 0.0269. The summed E-state index contributed by atoms with van der Waals surface area (Å²) in [6.45, 7) is 5.36. The molecule has 33 heavy (non-hydrogen) atoms. The molecule has 1 saturated heterocycles. The fourth-order valence-corrected chi connectivity index (χ4v) is 5.46. The fourth-order valence-electron chi connectivity index (χ4n) is 5.46. The normalized spacial score (nSPS) is 22.0. The van der Waals surface area contributed by atoms with Crippen LogP contribution in [-0.2, 0) is 10.3 Å². The Morgan fingerprint density at radius 2 is 1.91 bits per heavy atom. The van der Waals surface area contributed by atoms with Crippen molar-refractivity contribution in [1.82, 2.24) is 19.6 Å². The Balaban J connectivity index is 1.38. The van der Waals surface area contributed by atoms with E-state index in [-0.39, 0.29) is 29.6 Å². The van der Waals surface area contributed by atoms with Gasteiger partial charge >= 0.3 is 0 Å². The van der Waals surface area contributed by atoms with Crippen molar-refractivity contribution in [3.8, 4) is 16.9 Å². The van der Waals surface area contributed by atoms with Crippen LogP contribution >= 0.6 is 0 Å². The number of guanidine groups is 1. The first kappa shape index (κ1) is 21.3. The third-order valence-corrected chi connectivity index (χ3v) is 7.14. The Kier molecular flexibility index (Phi) is 5.03. The van der Waals surface area contributed by atoms with E-state index in [9.17, 15) is 4.79 Å². The first-order valence-corrected chi connectivity index (χ1v) is 11.3. The molecule has 2 aliphatic rings. The lowest BCUT2D eigenvalue weighted by Gasteiger charge is -2.53. The molecule has 3 atom stereocenters. The number of ether oxygens (including phenoxy) is 1. The van der Waals surface area contributed by atoms with Gasteiger partial charge in [-0.25, -0.2) is 4.98 Å². The summed E-state index contributed by atoms with van der Waals surface area (Å²) in [6.07, 6.45) is 4.88. The van der Waals surface area contributed by atoms with E-state index in [0.717, 1.165) is 34.6 Å². The van der Waals surface area contributed by atoms with Crippen molar-refractivity contribution in [2.24, 2.45) is 23.5 Å². The Labute approximate surface area is 193 Å². The molecule has 0 radical (unpaired) electrons. The first-order chi connectivity index (χ1) is 15.8. The second kappa shape index (κ2) is 7.79. The van der Waals surface area contributed by atoms with Crippen molar-refractivity contribution in [1.29, 1.82) is 5.41 Å². The number of amides is 1. The number of benzene rings is 1. The summed E-state index contributed by atoms with van der Waals surface area (Å²) in [4.78, 5) is 19.8. The standard InChI is InChI=1S/C25H30N6O2/c1-25(2,29-22(32)21-16-11-17(21)14-30(13-16)24(26)27)23-28-12-20-19(5-4-10-31(20)23)15-6-8-18(33-3)9-7-15/h4-10,12,16-17,21H,11,13-14H2,1-3H3,(H3,26,27)(H,29,32)/t16-,17+,21?. The number of carbonyl (C=O) groups is 1. The maximum absolute atomic E-state index is 13.2. The molecule has 8 nitrogen and oxygen atoms in total. The lowest BCUT2D eigenvalue weighted by Crippen LogP contribution is -2.62. The highest BCUT2D eigenvalue weighted by atomic mass is 16.5. The number of aromatic nitrogens is 2. The Bertz CT molecular complexity index is 1200. The molecular formula is C25H30N6O2. The number of nitrogens with one attached hydrogen (secondary N) is 2. The molecule has 3 aromatic rings. The van der Waals surface area contributed by atoms with Crippen LogP contribution in [0.5, 0.6) is 5.75 Å². The van der Waals surface area contributed by atoms with Gasteiger partial charge in [-0.05, 0) is 55.9 Å². The molecule has 1 unspecified atom stereocenters. The number of imidazole rings is 1. The number of methoxy groups -OCH3 is 1. The zero-order valence-electron chi connectivity index (χ0n) is 19.2. The number of hydrogen-bond donors (Lipinski definition) is 3. The van der Waals surface area contributed by atoms with Gasteiger partial charge in [0.2, 0.25) is 5.91 Å². The molecule has 2 aromatic heterocycles. The number of carbonyl (C=O) groups excluding carboxylic acids is 1. The van der Waals surface area contributed by atoms with Crippen LogP contribution in [0.3, 0.4) is 0 Å². The molecule has 0 spiro atoms. The number of fused-ring (bicyclic) bond motifs is 3. The maximum Gasteiger partial charge on any atom is 0.224 e. The van der Waals surface area contributed by atoms with Gasteiger partial charge in [0.05, 0.1) is 24.4 Å². The molecule has 2 bridgehead atoms. The average Bonchev–Trinajstić information content (AvgIpc) is 3.24. The van der Waals surface area contributed by atoms with E-state index in [1.807, 2.05) is 61.5 Å². The van der Waals surface area contributed by atoms with Gasteiger partial charge in [0.25, 0.3) is 0 Å². The third-order valence-electron chi connectivity index (χ3n) is 7.14. The predicted molar refractivity (Wildman–Crippen MR) is 127 cm³/mol. The second-order valence-corrected chi connectivity index (χ2v) is 9.67. The van der Waals surface area contributed by atoms with E-state index in [2.05, 4.69) is 15.8 Å². The van der Waals surface area contributed by atoms with E-state index in [4.69, 9.17) is 20.9 Å². The molecule has 172 valence electrons.